The van der Waals surface area contributed by atoms with Crippen molar-refractivity contribution in [2.75, 3.05) is 11.9 Å². The van der Waals surface area contributed by atoms with Crippen LogP contribution in [0.25, 0.3) is 0 Å². The summed E-state index contributed by atoms with van der Waals surface area (Å²) < 4.78 is 5.99. The lowest BCUT2D eigenvalue weighted by molar-refractivity contribution is 0.0834. The Kier molecular flexibility index (Phi) is 3.58. The summed E-state index contributed by atoms with van der Waals surface area (Å²) in [7, 11) is 0. The summed E-state index contributed by atoms with van der Waals surface area (Å²) in [6.45, 7) is 5.06. The molecule has 88 valence electrons. The molecule has 16 heavy (non-hydrogen) atoms. The van der Waals surface area contributed by atoms with E-state index in [4.69, 9.17) is 4.74 Å². The van der Waals surface area contributed by atoms with E-state index in [2.05, 4.69) is 48.0 Å². The first-order valence-electron chi connectivity index (χ1n) is 5.91. The summed E-state index contributed by atoms with van der Waals surface area (Å²) in [5, 5.41) is 1.06. The number of ether oxygens (including phenoxy) is 1. The van der Waals surface area contributed by atoms with Gasteiger partial charge in [0.1, 0.15) is 5.75 Å². The minimum atomic E-state index is 0.399. The van der Waals surface area contributed by atoms with Gasteiger partial charge in [0.2, 0.25) is 0 Å². The number of rotatable bonds is 4. The molecule has 0 unspecified atom stereocenters. The van der Waals surface area contributed by atoms with Crippen molar-refractivity contribution in [2.45, 2.75) is 33.1 Å². The fourth-order valence-corrected chi connectivity index (χ4v) is 2.81. The van der Waals surface area contributed by atoms with Crippen LogP contribution in [0.15, 0.2) is 18.2 Å². The van der Waals surface area contributed by atoms with Gasteiger partial charge in [-0.1, -0.05) is 34.5 Å². The Morgan fingerprint density at radius 1 is 1.31 bits per heavy atom. The van der Waals surface area contributed by atoms with Crippen LogP contribution >= 0.6 is 15.9 Å². The minimum Gasteiger partial charge on any atom is -0.493 e. The molecule has 2 rings (SSSR count). The van der Waals surface area contributed by atoms with Gasteiger partial charge >= 0.3 is 0 Å². The van der Waals surface area contributed by atoms with Crippen molar-refractivity contribution in [1.29, 1.82) is 0 Å². The van der Waals surface area contributed by atoms with Gasteiger partial charge in [0, 0.05) is 10.7 Å². The van der Waals surface area contributed by atoms with Crippen LogP contribution in [-0.2, 0) is 0 Å². The first-order valence-corrected chi connectivity index (χ1v) is 7.03. The van der Waals surface area contributed by atoms with Crippen molar-refractivity contribution in [1.82, 2.24) is 0 Å². The van der Waals surface area contributed by atoms with Gasteiger partial charge in [-0.2, -0.15) is 0 Å². The Labute approximate surface area is 106 Å². The van der Waals surface area contributed by atoms with Crippen LogP contribution < -0.4 is 4.74 Å². The predicted octanol–water partition coefficient (Wildman–Crippen LogP) is 4.25. The highest BCUT2D eigenvalue weighted by molar-refractivity contribution is 9.09. The molecule has 0 aromatic heterocycles. The van der Waals surface area contributed by atoms with E-state index >= 15 is 0 Å². The molecule has 0 aliphatic heterocycles. The maximum absolute atomic E-state index is 5.99. The monoisotopic (exact) mass is 282 g/mol. The summed E-state index contributed by atoms with van der Waals surface area (Å²) in [5.74, 6) is 1.05. The lowest BCUT2D eigenvalue weighted by atomic mass is 9.71. The van der Waals surface area contributed by atoms with Crippen molar-refractivity contribution in [3.8, 4) is 5.75 Å². The smallest absolute Gasteiger partial charge is 0.122 e. The topological polar surface area (TPSA) is 9.23 Å². The van der Waals surface area contributed by atoms with Crippen LogP contribution in [0.4, 0.5) is 0 Å². The van der Waals surface area contributed by atoms with E-state index in [1.165, 1.54) is 30.4 Å². The highest BCUT2D eigenvalue weighted by Gasteiger charge is 2.36. The second kappa shape index (κ2) is 4.79. The predicted molar refractivity (Wildman–Crippen MR) is 71.5 cm³/mol. The fraction of sp³-hybridized carbons (Fsp3) is 0.571. The molecule has 0 amide bonds. The van der Waals surface area contributed by atoms with Crippen LogP contribution in [0.2, 0.25) is 0 Å². The normalized spacial score (nSPS) is 17.9. The van der Waals surface area contributed by atoms with Gasteiger partial charge in [-0.25, -0.2) is 0 Å². The standard InChI is InChI=1S/C14H19BrO/c1-11-4-5-12(2)13(8-11)16-10-14(9-15)6-3-7-14/h4-5,8H,3,6-7,9-10H2,1-2H3. The zero-order chi connectivity index (χ0) is 11.6. The van der Waals surface area contributed by atoms with E-state index in [0.29, 0.717) is 5.41 Å². The molecule has 1 fully saturated rings. The van der Waals surface area contributed by atoms with Gasteiger partial charge in [-0.3, -0.25) is 0 Å². The van der Waals surface area contributed by atoms with Crippen LogP contribution in [0.5, 0.6) is 5.75 Å². The molecule has 0 radical (unpaired) electrons. The maximum Gasteiger partial charge on any atom is 0.122 e. The van der Waals surface area contributed by atoms with E-state index < -0.39 is 0 Å². The second-order valence-corrected chi connectivity index (χ2v) is 5.61. The lowest BCUT2D eigenvalue weighted by Crippen LogP contribution is -2.37. The number of hydrogen-bond donors (Lipinski definition) is 0. The Morgan fingerprint density at radius 3 is 2.62 bits per heavy atom. The molecule has 2 heteroatoms. The maximum atomic E-state index is 5.99. The summed E-state index contributed by atoms with van der Waals surface area (Å²) in [5.41, 5.74) is 2.90. The van der Waals surface area contributed by atoms with Crippen molar-refractivity contribution in [3.05, 3.63) is 29.3 Å². The highest BCUT2D eigenvalue weighted by Crippen LogP contribution is 2.42. The molecular formula is C14H19BrO. The Balaban J connectivity index is 2.01. The zero-order valence-corrected chi connectivity index (χ0v) is 11.6. The number of hydrogen-bond acceptors (Lipinski definition) is 1. The van der Waals surface area contributed by atoms with Crippen LogP contribution in [0.1, 0.15) is 30.4 Å². The Bertz CT molecular complexity index is 363. The zero-order valence-electron chi connectivity index (χ0n) is 10.1. The third-order valence-electron chi connectivity index (χ3n) is 3.58. The van der Waals surface area contributed by atoms with Gasteiger partial charge in [-0.05, 0) is 43.9 Å². The van der Waals surface area contributed by atoms with Gasteiger partial charge < -0.3 is 4.74 Å². The molecule has 1 aromatic rings. The number of alkyl halides is 1. The summed E-state index contributed by atoms with van der Waals surface area (Å²) in [6, 6.07) is 6.40. The summed E-state index contributed by atoms with van der Waals surface area (Å²) in [6.07, 6.45) is 3.94. The minimum absolute atomic E-state index is 0.399. The quantitative estimate of drug-likeness (QED) is 0.751. The van der Waals surface area contributed by atoms with E-state index in [1.807, 2.05) is 0 Å². The molecule has 0 atom stereocenters. The number of halogens is 1. The van der Waals surface area contributed by atoms with Gasteiger partial charge in [-0.15, -0.1) is 0 Å². The van der Waals surface area contributed by atoms with E-state index in [9.17, 15) is 0 Å². The first-order chi connectivity index (χ1) is 7.65. The average molecular weight is 283 g/mol. The van der Waals surface area contributed by atoms with E-state index in [0.717, 1.165) is 17.7 Å². The van der Waals surface area contributed by atoms with Crippen molar-refractivity contribution in [3.63, 3.8) is 0 Å². The molecule has 1 saturated carbocycles. The third-order valence-corrected chi connectivity index (χ3v) is 4.76. The molecular weight excluding hydrogens is 264 g/mol. The molecule has 1 nitrogen and oxygen atoms in total. The van der Waals surface area contributed by atoms with Crippen molar-refractivity contribution < 1.29 is 4.74 Å². The Morgan fingerprint density at radius 2 is 2.06 bits per heavy atom. The van der Waals surface area contributed by atoms with Crippen LogP contribution in [-0.4, -0.2) is 11.9 Å². The lowest BCUT2D eigenvalue weighted by Gasteiger charge is -2.40. The number of benzene rings is 1. The average Bonchev–Trinajstić information content (AvgIpc) is 2.22. The van der Waals surface area contributed by atoms with Crippen molar-refractivity contribution >= 4 is 15.9 Å². The summed E-state index contributed by atoms with van der Waals surface area (Å²) in [4.78, 5) is 0. The molecule has 1 aromatic carbocycles. The first kappa shape index (κ1) is 12.0. The second-order valence-electron chi connectivity index (χ2n) is 5.04. The van der Waals surface area contributed by atoms with Crippen LogP contribution in [0, 0.1) is 19.3 Å². The molecule has 1 aliphatic carbocycles. The van der Waals surface area contributed by atoms with Crippen molar-refractivity contribution in [2.24, 2.45) is 5.41 Å². The molecule has 0 N–H and O–H groups in total. The summed E-state index contributed by atoms with van der Waals surface area (Å²) >= 11 is 3.61. The molecule has 0 spiro atoms. The molecule has 0 saturated heterocycles. The fourth-order valence-electron chi connectivity index (χ4n) is 2.09. The SMILES string of the molecule is Cc1ccc(C)c(OCC2(CBr)CCC2)c1. The molecule has 0 bridgehead atoms. The van der Waals surface area contributed by atoms with Gasteiger partial charge in [0.15, 0.2) is 0 Å². The Hall–Kier alpha value is -0.500. The molecule has 1 aliphatic rings. The number of aryl methyl sites for hydroxylation is 2. The van der Waals surface area contributed by atoms with E-state index in [1.54, 1.807) is 0 Å². The largest absolute Gasteiger partial charge is 0.493 e. The van der Waals surface area contributed by atoms with E-state index in [-0.39, 0.29) is 0 Å². The van der Waals surface area contributed by atoms with Gasteiger partial charge in [0.05, 0.1) is 6.61 Å². The van der Waals surface area contributed by atoms with Crippen LogP contribution in [0.3, 0.4) is 0 Å². The highest BCUT2D eigenvalue weighted by atomic mass is 79.9. The molecule has 0 heterocycles. The third kappa shape index (κ3) is 2.42. The van der Waals surface area contributed by atoms with Gasteiger partial charge in [0.25, 0.3) is 0 Å².